The molecular weight excluding hydrogens is 626 g/mol. The van der Waals surface area contributed by atoms with Crippen LogP contribution in [0.5, 0.6) is 11.5 Å². The van der Waals surface area contributed by atoms with Gasteiger partial charge in [-0.2, -0.15) is 13.7 Å². The average Bonchev–Trinajstić information content (AvgIpc) is 2.81. The first kappa shape index (κ1) is 26.8. The first-order valence-electron chi connectivity index (χ1n) is 9.98. The van der Waals surface area contributed by atoms with Crippen molar-refractivity contribution in [1.29, 1.82) is 5.26 Å². The summed E-state index contributed by atoms with van der Waals surface area (Å²) in [6.07, 6.45) is 1.36. The number of nitrogens with one attached hydrogen (secondary N) is 1. The van der Waals surface area contributed by atoms with E-state index in [0.29, 0.717) is 24.9 Å². The summed E-state index contributed by atoms with van der Waals surface area (Å²) in [5, 5.41) is 12.8. The first-order valence-corrected chi connectivity index (χ1v) is 13.2. The van der Waals surface area contributed by atoms with Crippen molar-refractivity contribution in [1.82, 2.24) is 0 Å². The van der Waals surface area contributed by atoms with Gasteiger partial charge in [-0.05, 0) is 89.7 Å². The third-order valence-electron chi connectivity index (χ3n) is 4.43. The topological polar surface area (TPSA) is 105 Å². The number of carbonyl (C=O) groups is 1. The lowest BCUT2D eigenvalue weighted by Gasteiger charge is -2.15. The monoisotopic (exact) mass is 642 g/mol. The van der Waals surface area contributed by atoms with E-state index in [0.717, 1.165) is 0 Å². The predicted molar refractivity (Wildman–Crippen MR) is 143 cm³/mol. The number of hydrogen-bond donors (Lipinski definition) is 1. The molecule has 0 aliphatic heterocycles. The Morgan fingerprint density at radius 2 is 1.83 bits per heavy atom. The van der Waals surface area contributed by atoms with Gasteiger partial charge in [0.25, 0.3) is 5.91 Å². The molecule has 0 aliphatic rings. The van der Waals surface area contributed by atoms with Gasteiger partial charge in [0.1, 0.15) is 16.5 Å². The van der Waals surface area contributed by atoms with Crippen LogP contribution in [0.4, 0.5) is 5.69 Å². The van der Waals surface area contributed by atoms with E-state index in [4.69, 9.17) is 32.1 Å². The molecule has 0 heterocycles. The summed E-state index contributed by atoms with van der Waals surface area (Å²) < 4.78 is 36.9. The molecule has 1 N–H and O–H groups in total. The van der Waals surface area contributed by atoms with Crippen LogP contribution < -0.4 is 14.2 Å². The summed E-state index contributed by atoms with van der Waals surface area (Å²) in [5.74, 6) is -0.537. The maximum Gasteiger partial charge on any atom is 0.339 e. The quantitative estimate of drug-likeness (QED) is 0.134. The van der Waals surface area contributed by atoms with Crippen molar-refractivity contribution >= 4 is 73.6 Å². The van der Waals surface area contributed by atoms with Gasteiger partial charge in [-0.1, -0.05) is 35.3 Å². The van der Waals surface area contributed by atoms with Gasteiger partial charge in [0.05, 0.1) is 20.9 Å². The van der Waals surface area contributed by atoms with E-state index in [-0.39, 0.29) is 28.6 Å². The van der Waals surface area contributed by atoms with Crippen molar-refractivity contribution < 1.29 is 22.1 Å². The Morgan fingerprint density at radius 3 is 2.46 bits per heavy atom. The van der Waals surface area contributed by atoms with E-state index in [1.807, 2.05) is 28.7 Å². The smallest absolute Gasteiger partial charge is 0.339 e. The molecule has 11 heteroatoms. The van der Waals surface area contributed by atoms with E-state index >= 15 is 0 Å². The highest BCUT2D eigenvalue weighted by Gasteiger charge is 2.22. The molecule has 0 saturated heterocycles. The van der Waals surface area contributed by atoms with Crippen LogP contribution in [0.15, 0.2) is 71.1 Å². The molecule has 0 radical (unpaired) electrons. The number of para-hydroxylation sites is 1. The highest BCUT2D eigenvalue weighted by molar-refractivity contribution is 14.1. The summed E-state index contributed by atoms with van der Waals surface area (Å²) in [6, 6.07) is 17.1. The molecule has 3 aromatic carbocycles. The number of carbonyl (C=O) groups excluding carboxylic acids is 1. The molecule has 0 atom stereocenters. The van der Waals surface area contributed by atoms with E-state index in [1.165, 1.54) is 36.4 Å². The van der Waals surface area contributed by atoms with Crippen LogP contribution in [0.3, 0.4) is 0 Å². The lowest BCUT2D eigenvalue weighted by Crippen LogP contribution is -2.14. The zero-order valence-corrected chi connectivity index (χ0v) is 22.6. The molecule has 0 bridgehead atoms. The van der Waals surface area contributed by atoms with Crippen molar-refractivity contribution in [3.8, 4) is 17.6 Å². The number of nitriles is 1. The van der Waals surface area contributed by atoms with Crippen LogP contribution in [0.1, 0.15) is 12.5 Å². The molecule has 0 saturated carbocycles. The molecule has 0 aliphatic carbocycles. The SMILES string of the molecule is CCOc1cc(/C=C(\C#N)C(=O)Nc2ccccc2Cl)cc(I)c1OS(=O)(=O)c1ccc(Cl)cc1. The van der Waals surface area contributed by atoms with Crippen molar-refractivity contribution in [3.05, 3.63) is 85.4 Å². The van der Waals surface area contributed by atoms with Crippen LogP contribution in [0, 0.1) is 14.9 Å². The highest BCUT2D eigenvalue weighted by Crippen LogP contribution is 2.37. The van der Waals surface area contributed by atoms with E-state index < -0.39 is 16.0 Å². The second-order valence-electron chi connectivity index (χ2n) is 6.86. The fourth-order valence-electron chi connectivity index (χ4n) is 2.84. The Morgan fingerprint density at radius 1 is 1.14 bits per heavy atom. The number of halogens is 3. The predicted octanol–water partition coefficient (Wildman–Crippen LogP) is 6.31. The number of amides is 1. The first-order chi connectivity index (χ1) is 16.6. The molecule has 7 nitrogen and oxygen atoms in total. The zero-order chi connectivity index (χ0) is 25.6. The van der Waals surface area contributed by atoms with Crippen molar-refractivity contribution in [3.63, 3.8) is 0 Å². The van der Waals surface area contributed by atoms with Crippen LogP contribution in [-0.2, 0) is 14.9 Å². The molecule has 0 spiro atoms. The Hall–Kier alpha value is -2.78. The minimum absolute atomic E-state index is 0.0152. The number of ether oxygens (including phenoxy) is 1. The molecule has 3 aromatic rings. The molecule has 0 aromatic heterocycles. The fraction of sp³-hybridized carbons (Fsp3) is 0.0833. The molecule has 1 amide bonds. The summed E-state index contributed by atoms with van der Waals surface area (Å²) in [7, 11) is -4.17. The van der Waals surface area contributed by atoms with Gasteiger partial charge in [-0.15, -0.1) is 0 Å². The molecule has 0 unspecified atom stereocenters. The second-order valence-corrected chi connectivity index (χ2v) is 10.4. The molecule has 35 heavy (non-hydrogen) atoms. The van der Waals surface area contributed by atoms with Gasteiger partial charge >= 0.3 is 10.1 Å². The summed E-state index contributed by atoms with van der Waals surface area (Å²) in [6.45, 7) is 1.95. The number of rotatable bonds is 8. The van der Waals surface area contributed by atoms with Gasteiger partial charge in [-0.3, -0.25) is 4.79 Å². The number of anilines is 1. The average molecular weight is 643 g/mol. The lowest BCUT2D eigenvalue weighted by molar-refractivity contribution is -0.112. The number of hydrogen-bond acceptors (Lipinski definition) is 6. The van der Waals surface area contributed by atoms with Gasteiger partial charge < -0.3 is 14.2 Å². The van der Waals surface area contributed by atoms with Crippen LogP contribution >= 0.6 is 45.8 Å². The molecular formula is C24H17Cl2IN2O5S. The van der Waals surface area contributed by atoms with Crippen LogP contribution in [-0.4, -0.2) is 20.9 Å². The normalized spacial score (nSPS) is 11.5. The minimum Gasteiger partial charge on any atom is -0.490 e. The largest absolute Gasteiger partial charge is 0.490 e. The minimum atomic E-state index is -4.17. The van der Waals surface area contributed by atoms with Crippen LogP contribution in [0.25, 0.3) is 6.08 Å². The molecule has 180 valence electrons. The maximum atomic E-state index is 12.8. The molecule has 0 fully saturated rings. The van der Waals surface area contributed by atoms with E-state index in [1.54, 1.807) is 37.3 Å². The zero-order valence-electron chi connectivity index (χ0n) is 18.1. The van der Waals surface area contributed by atoms with E-state index in [2.05, 4.69) is 5.32 Å². The van der Waals surface area contributed by atoms with Gasteiger partial charge in [0.15, 0.2) is 11.5 Å². The van der Waals surface area contributed by atoms with Gasteiger partial charge in [0, 0.05) is 5.02 Å². The summed E-state index contributed by atoms with van der Waals surface area (Å²) >= 11 is 13.8. The third kappa shape index (κ3) is 6.89. The van der Waals surface area contributed by atoms with Crippen molar-refractivity contribution in [2.45, 2.75) is 11.8 Å². The van der Waals surface area contributed by atoms with E-state index in [9.17, 15) is 18.5 Å². The Bertz CT molecular complexity index is 1440. The standard InChI is InChI=1S/C24H17Cl2IN2O5S/c1-2-33-22-13-15(11-16(14-28)24(30)29-21-6-4-3-5-19(21)26)12-20(27)23(22)34-35(31,32)18-9-7-17(25)8-10-18/h3-13H,2H2,1H3,(H,29,30)/b16-11+. The lowest BCUT2D eigenvalue weighted by atomic mass is 10.1. The van der Waals surface area contributed by atoms with Crippen molar-refractivity contribution in [2.24, 2.45) is 0 Å². The van der Waals surface area contributed by atoms with Gasteiger partial charge in [-0.25, -0.2) is 0 Å². The Balaban J connectivity index is 1.95. The third-order valence-corrected chi connectivity index (χ3v) is 7.04. The van der Waals surface area contributed by atoms with Crippen molar-refractivity contribution in [2.75, 3.05) is 11.9 Å². The summed E-state index contributed by atoms with van der Waals surface area (Å²) in [4.78, 5) is 12.5. The Kier molecular flexibility index (Phi) is 9.02. The number of nitrogens with zero attached hydrogens (tertiary/aromatic N) is 1. The Labute approximate surface area is 226 Å². The number of benzene rings is 3. The summed E-state index contributed by atoms with van der Waals surface area (Å²) in [5.41, 5.74) is 0.603. The van der Waals surface area contributed by atoms with Crippen LogP contribution in [0.2, 0.25) is 10.0 Å². The maximum absolute atomic E-state index is 12.8. The van der Waals surface area contributed by atoms with Gasteiger partial charge in [0.2, 0.25) is 0 Å². The fourth-order valence-corrected chi connectivity index (χ4v) is 4.99. The highest BCUT2D eigenvalue weighted by atomic mass is 127. The second kappa shape index (κ2) is 11.8. The molecule has 3 rings (SSSR count).